The van der Waals surface area contributed by atoms with E-state index in [4.69, 9.17) is 11.6 Å². The number of H-pyrrole nitrogens is 1. The highest BCUT2D eigenvalue weighted by Crippen LogP contribution is 2.36. The second-order valence-electron chi connectivity index (χ2n) is 7.04. The van der Waals surface area contributed by atoms with Crippen LogP contribution in [-0.2, 0) is 18.4 Å². The van der Waals surface area contributed by atoms with Crippen molar-refractivity contribution in [3.63, 3.8) is 0 Å². The number of halogens is 1. The van der Waals surface area contributed by atoms with Crippen molar-refractivity contribution in [3.8, 4) is 0 Å². The molecule has 2 saturated heterocycles. The number of hydrogen-bond acceptors (Lipinski definition) is 5. The molecule has 2 fully saturated rings. The van der Waals surface area contributed by atoms with Crippen molar-refractivity contribution in [2.24, 2.45) is 7.05 Å². The number of carbonyl (C=O) groups is 1. The van der Waals surface area contributed by atoms with Crippen LogP contribution in [-0.4, -0.2) is 49.2 Å². The number of carbonyl (C=O) groups excluding carboxylic acids is 1. The van der Waals surface area contributed by atoms with Crippen molar-refractivity contribution < 1.29 is 4.79 Å². The highest BCUT2D eigenvalue weighted by Gasteiger charge is 2.50. The number of benzene rings is 1. The lowest BCUT2D eigenvalue weighted by molar-refractivity contribution is -0.122. The van der Waals surface area contributed by atoms with E-state index in [0.29, 0.717) is 28.4 Å². The van der Waals surface area contributed by atoms with Gasteiger partial charge in [0.1, 0.15) is 11.2 Å². The van der Waals surface area contributed by atoms with E-state index >= 15 is 0 Å². The Bertz CT molecular complexity index is 1120. The largest absolute Gasteiger partial charge is 0.309 e. The van der Waals surface area contributed by atoms with Crippen LogP contribution in [0.15, 0.2) is 35.3 Å². The average Bonchev–Trinajstić information content (AvgIpc) is 3.28. The van der Waals surface area contributed by atoms with Gasteiger partial charge in [-0.3, -0.25) is 19.2 Å². The third kappa shape index (κ3) is 2.55. The third-order valence-corrected chi connectivity index (χ3v) is 5.59. The minimum atomic E-state index is -0.209. The molecule has 4 heterocycles. The maximum Gasteiger partial charge on any atom is 0.262 e. The summed E-state index contributed by atoms with van der Waals surface area (Å²) >= 11 is 6.08. The van der Waals surface area contributed by atoms with Gasteiger partial charge in [-0.2, -0.15) is 5.10 Å². The molecule has 1 aromatic carbocycles. The lowest BCUT2D eigenvalue weighted by Crippen LogP contribution is -2.50. The number of anilines is 1. The van der Waals surface area contributed by atoms with Gasteiger partial charge in [0.2, 0.25) is 5.91 Å². The third-order valence-electron chi connectivity index (χ3n) is 5.36. The summed E-state index contributed by atoms with van der Waals surface area (Å²) in [6.07, 6.45) is 2.28. The van der Waals surface area contributed by atoms with Gasteiger partial charge in [-0.25, -0.2) is 4.98 Å². The van der Waals surface area contributed by atoms with Crippen LogP contribution in [0.25, 0.3) is 11.0 Å². The Morgan fingerprint density at radius 2 is 2.19 bits per heavy atom. The second kappa shape index (κ2) is 5.90. The van der Waals surface area contributed by atoms with Crippen molar-refractivity contribution in [1.29, 1.82) is 0 Å². The van der Waals surface area contributed by atoms with Crippen molar-refractivity contribution in [2.75, 3.05) is 11.4 Å². The van der Waals surface area contributed by atoms with E-state index in [0.717, 1.165) is 18.7 Å². The van der Waals surface area contributed by atoms with Gasteiger partial charge in [-0.05, 0) is 24.6 Å². The summed E-state index contributed by atoms with van der Waals surface area (Å²) in [6, 6.07) is 7.28. The number of aromatic nitrogens is 4. The van der Waals surface area contributed by atoms with E-state index in [-0.39, 0.29) is 23.6 Å². The highest BCUT2D eigenvalue weighted by molar-refractivity contribution is 6.31. The summed E-state index contributed by atoms with van der Waals surface area (Å²) < 4.78 is 1.58. The number of aryl methyl sites for hydroxylation is 1. The molecule has 2 aliphatic heterocycles. The maximum absolute atomic E-state index is 12.9. The molecule has 0 aliphatic carbocycles. The Morgan fingerprint density at radius 3 is 2.96 bits per heavy atom. The molecular weight excluding hydrogens is 368 g/mol. The zero-order valence-corrected chi connectivity index (χ0v) is 15.3. The van der Waals surface area contributed by atoms with E-state index < -0.39 is 0 Å². The summed E-state index contributed by atoms with van der Waals surface area (Å²) in [7, 11) is 1.75. The molecule has 0 spiro atoms. The van der Waals surface area contributed by atoms with Gasteiger partial charge in [0.15, 0.2) is 5.65 Å². The standard InChI is InChI=1S/C18H17ClN6O2/c1-23-16-13(7-20-23)17(26)22-15(21-16)9-24-8-12-6-14(24)18(27)25(12)11-4-2-3-10(19)5-11/h2-5,7,12,14H,6,8-9H2,1H3,(H,21,22,26)/t12-,14-/m0/s1. The van der Waals surface area contributed by atoms with Crippen LogP contribution in [0.2, 0.25) is 5.02 Å². The molecule has 9 heteroatoms. The summed E-state index contributed by atoms with van der Waals surface area (Å²) in [5, 5.41) is 5.16. The van der Waals surface area contributed by atoms with E-state index in [1.165, 1.54) is 6.20 Å². The minimum Gasteiger partial charge on any atom is -0.309 e. The fraction of sp³-hybridized carbons (Fsp3) is 0.333. The number of nitrogens with zero attached hydrogens (tertiary/aromatic N) is 5. The molecular formula is C18H17ClN6O2. The molecule has 27 heavy (non-hydrogen) atoms. The first-order valence-corrected chi connectivity index (χ1v) is 9.12. The van der Waals surface area contributed by atoms with Gasteiger partial charge in [0.05, 0.1) is 24.8 Å². The van der Waals surface area contributed by atoms with Crippen molar-refractivity contribution in [3.05, 3.63) is 51.7 Å². The number of amides is 1. The first-order valence-electron chi connectivity index (χ1n) is 8.75. The number of aromatic amines is 1. The Kier molecular flexibility index (Phi) is 3.60. The monoisotopic (exact) mass is 384 g/mol. The van der Waals surface area contributed by atoms with E-state index in [1.807, 2.05) is 23.1 Å². The van der Waals surface area contributed by atoms with Crippen molar-refractivity contribution >= 4 is 34.2 Å². The van der Waals surface area contributed by atoms with Crippen LogP contribution >= 0.6 is 11.6 Å². The van der Waals surface area contributed by atoms with Crippen LogP contribution in [0.3, 0.4) is 0 Å². The van der Waals surface area contributed by atoms with Gasteiger partial charge < -0.3 is 9.88 Å². The van der Waals surface area contributed by atoms with E-state index in [9.17, 15) is 9.59 Å². The minimum absolute atomic E-state index is 0.0671. The lowest BCUT2D eigenvalue weighted by Gasteiger charge is -2.33. The first kappa shape index (κ1) is 16.5. The Morgan fingerprint density at radius 1 is 1.33 bits per heavy atom. The SMILES string of the molecule is Cn1ncc2c(=O)[nH]c(CN3C[C@@H]4C[C@H]3C(=O)N4c3cccc(Cl)c3)nc21. The molecule has 0 saturated carbocycles. The van der Waals surface area contributed by atoms with Crippen LogP contribution in [0.4, 0.5) is 5.69 Å². The lowest BCUT2D eigenvalue weighted by atomic mass is 10.2. The molecule has 138 valence electrons. The number of fused-ring (bicyclic) bond motifs is 3. The summed E-state index contributed by atoms with van der Waals surface area (Å²) in [4.78, 5) is 36.4. The van der Waals surface area contributed by atoms with Gasteiger partial charge >= 0.3 is 0 Å². The molecule has 0 radical (unpaired) electrons. The highest BCUT2D eigenvalue weighted by atomic mass is 35.5. The number of piperazine rings is 1. The molecule has 5 rings (SSSR count). The molecule has 1 N–H and O–H groups in total. The van der Waals surface area contributed by atoms with Crippen molar-refractivity contribution in [2.45, 2.75) is 25.0 Å². The van der Waals surface area contributed by atoms with Gasteiger partial charge in [0.25, 0.3) is 5.56 Å². The predicted octanol–water partition coefficient (Wildman–Crippen LogP) is 1.30. The molecule has 0 unspecified atom stereocenters. The normalized spacial score (nSPS) is 22.3. The fourth-order valence-electron chi connectivity index (χ4n) is 4.15. The summed E-state index contributed by atoms with van der Waals surface area (Å²) in [5.41, 5.74) is 1.17. The van der Waals surface area contributed by atoms with Crippen LogP contribution in [0, 0.1) is 0 Å². The van der Waals surface area contributed by atoms with Gasteiger partial charge in [-0.1, -0.05) is 17.7 Å². The predicted molar refractivity (Wildman–Crippen MR) is 101 cm³/mol. The topological polar surface area (TPSA) is 87.1 Å². The van der Waals surface area contributed by atoms with E-state index in [2.05, 4.69) is 20.0 Å². The molecule has 2 atom stereocenters. The molecule has 8 nitrogen and oxygen atoms in total. The second-order valence-corrected chi connectivity index (χ2v) is 7.48. The fourth-order valence-corrected chi connectivity index (χ4v) is 4.33. The maximum atomic E-state index is 12.9. The number of hydrogen-bond donors (Lipinski definition) is 1. The molecule has 3 aromatic rings. The quantitative estimate of drug-likeness (QED) is 0.735. The van der Waals surface area contributed by atoms with Crippen LogP contribution in [0.1, 0.15) is 12.2 Å². The Labute approximate surface area is 159 Å². The first-order chi connectivity index (χ1) is 13.0. The zero-order valence-electron chi connectivity index (χ0n) is 14.6. The number of nitrogens with one attached hydrogen (secondary N) is 1. The van der Waals surface area contributed by atoms with Crippen molar-refractivity contribution in [1.82, 2.24) is 24.6 Å². The molecule has 1 amide bonds. The average molecular weight is 385 g/mol. The van der Waals surface area contributed by atoms with E-state index in [1.54, 1.807) is 17.8 Å². The van der Waals surface area contributed by atoms with Crippen LogP contribution < -0.4 is 10.5 Å². The van der Waals surface area contributed by atoms with Gasteiger partial charge in [-0.15, -0.1) is 0 Å². The number of rotatable bonds is 3. The molecule has 2 bridgehead atoms. The summed E-state index contributed by atoms with van der Waals surface area (Å²) in [5.74, 6) is 0.614. The summed E-state index contributed by atoms with van der Waals surface area (Å²) in [6.45, 7) is 1.16. The van der Waals surface area contributed by atoms with Crippen LogP contribution in [0.5, 0.6) is 0 Å². The zero-order chi connectivity index (χ0) is 18.7. The Balaban J connectivity index is 1.40. The van der Waals surface area contributed by atoms with Gasteiger partial charge in [0, 0.05) is 24.3 Å². The molecule has 2 aliphatic rings. The molecule has 2 aromatic heterocycles. The number of likely N-dealkylation sites (tertiary alicyclic amines) is 1. The smallest absolute Gasteiger partial charge is 0.262 e. The Hall–Kier alpha value is -2.71.